The van der Waals surface area contributed by atoms with Gasteiger partial charge in [0, 0.05) is 49.7 Å². The van der Waals surface area contributed by atoms with Gasteiger partial charge in [-0.1, -0.05) is 6.07 Å². The fraction of sp³-hybridized carbons (Fsp3) is 0.227. The molecular formula is C22H20N6O. The van der Waals surface area contributed by atoms with Gasteiger partial charge >= 0.3 is 0 Å². The second-order valence-corrected chi connectivity index (χ2v) is 7.36. The van der Waals surface area contributed by atoms with Gasteiger partial charge in [-0.25, -0.2) is 15.0 Å². The highest BCUT2D eigenvalue weighted by Crippen LogP contribution is 2.30. The molecule has 0 saturated heterocycles. The average molecular weight is 384 g/mol. The Hall–Kier alpha value is -3.61. The van der Waals surface area contributed by atoms with Crippen molar-refractivity contribution >= 4 is 16.9 Å². The fourth-order valence-corrected chi connectivity index (χ4v) is 3.95. The quantitative estimate of drug-likeness (QED) is 0.541. The summed E-state index contributed by atoms with van der Waals surface area (Å²) in [5.74, 6) is 0.973. The van der Waals surface area contributed by atoms with Crippen molar-refractivity contribution in [3.8, 4) is 11.1 Å². The number of amides is 1. The summed E-state index contributed by atoms with van der Waals surface area (Å²) in [5.41, 5.74) is 6.41. The number of benzene rings is 1. The van der Waals surface area contributed by atoms with Crippen LogP contribution in [0.15, 0.2) is 49.2 Å². The molecule has 7 heteroatoms. The van der Waals surface area contributed by atoms with E-state index in [4.69, 9.17) is 4.98 Å². The summed E-state index contributed by atoms with van der Waals surface area (Å²) in [7, 11) is 2.02. The number of hydrogen-bond acceptors (Lipinski definition) is 5. The lowest BCUT2D eigenvalue weighted by atomic mass is 10.0. The van der Waals surface area contributed by atoms with Crippen molar-refractivity contribution in [1.29, 1.82) is 0 Å². The molecule has 0 saturated carbocycles. The molecule has 0 aliphatic carbocycles. The summed E-state index contributed by atoms with van der Waals surface area (Å²) in [6.07, 6.45) is 7.36. The maximum atomic E-state index is 13.1. The summed E-state index contributed by atoms with van der Waals surface area (Å²) < 4.78 is 2.10. The molecule has 0 unspecified atom stereocenters. The third-order valence-corrected chi connectivity index (χ3v) is 5.48. The fourth-order valence-electron chi connectivity index (χ4n) is 3.95. The minimum atomic E-state index is 0.00145. The summed E-state index contributed by atoms with van der Waals surface area (Å²) in [6.45, 7) is 3.17. The Morgan fingerprint density at radius 1 is 1.14 bits per heavy atom. The van der Waals surface area contributed by atoms with E-state index in [9.17, 15) is 4.79 Å². The highest BCUT2D eigenvalue weighted by Gasteiger charge is 2.31. The Bertz CT molecular complexity index is 1230. The molecule has 0 radical (unpaired) electrons. The molecule has 7 nitrogen and oxygen atoms in total. The Morgan fingerprint density at radius 2 is 1.97 bits per heavy atom. The molecule has 5 rings (SSSR count). The molecule has 0 spiro atoms. The van der Waals surface area contributed by atoms with Crippen molar-refractivity contribution in [3.63, 3.8) is 0 Å². The van der Waals surface area contributed by atoms with Crippen LogP contribution in [0, 0.1) is 6.92 Å². The van der Waals surface area contributed by atoms with Crippen molar-refractivity contribution < 1.29 is 4.79 Å². The zero-order valence-electron chi connectivity index (χ0n) is 16.3. The Labute approximate surface area is 168 Å². The Balaban J connectivity index is 1.40. The molecule has 3 aromatic heterocycles. The van der Waals surface area contributed by atoms with Crippen molar-refractivity contribution in [2.75, 3.05) is 6.54 Å². The lowest BCUT2D eigenvalue weighted by Gasteiger charge is -2.15. The van der Waals surface area contributed by atoms with E-state index in [1.54, 1.807) is 18.6 Å². The first-order valence-electron chi connectivity index (χ1n) is 9.56. The second-order valence-electron chi connectivity index (χ2n) is 7.36. The SMILES string of the molecule is Cc1ccc2c(c1)nc(CCN1Cc3nccc(-c4cncnc4)c3C1=O)n2C. The highest BCUT2D eigenvalue weighted by molar-refractivity contribution is 6.03. The number of aromatic nitrogens is 5. The molecule has 0 bridgehead atoms. The van der Waals surface area contributed by atoms with Crippen LogP contribution in [0.1, 0.15) is 27.4 Å². The van der Waals surface area contributed by atoms with Crippen LogP contribution < -0.4 is 0 Å². The van der Waals surface area contributed by atoms with Crippen LogP contribution in [-0.4, -0.2) is 41.9 Å². The van der Waals surface area contributed by atoms with Gasteiger partial charge in [-0.15, -0.1) is 0 Å². The maximum absolute atomic E-state index is 13.1. The lowest BCUT2D eigenvalue weighted by Crippen LogP contribution is -2.27. The third kappa shape index (κ3) is 2.95. The predicted octanol–water partition coefficient (Wildman–Crippen LogP) is 2.93. The first kappa shape index (κ1) is 17.5. The number of imidazole rings is 1. The first-order chi connectivity index (χ1) is 14.1. The van der Waals surface area contributed by atoms with E-state index in [2.05, 4.69) is 44.6 Å². The first-order valence-corrected chi connectivity index (χ1v) is 9.56. The number of aryl methyl sites for hydroxylation is 2. The van der Waals surface area contributed by atoms with Crippen molar-refractivity contribution in [1.82, 2.24) is 29.4 Å². The van der Waals surface area contributed by atoms with E-state index in [0.29, 0.717) is 25.1 Å². The van der Waals surface area contributed by atoms with Crippen LogP contribution in [0.25, 0.3) is 22.2 Å². The summed E-state index contributed by atoms with van der Waals surface area (Å²) in [6, 6.07) is 8.13. The Morgan fingerprint density at radius 3 is 2.79 bits per heavy atom. The van der Waals surface area contributed by atoms with Crippen LogP contribution in [0.2, 0.25) is 0 Å². The zero-order valence-corrected chi connectivity index (χ0v) is 16.3. The molecule has 0 N–H and O–H groups in total. The molecule has 4 heterocycles. The van der Waals surface area contributed by atoms with Crippen molar-refractivity contribution in [3.05, 3.63) is 71.8 Å². The van der Waals surface area contributed by atoms with Gasteiger partial charge in [-0.05, 0) is 30.7 Å². The molecule has 4 aromatic rings. The summed E-state index contributed by atoms with van der Waals surface area (Å²) >= 11 is 0. The number of carbonyl (C=O) groups excluding carboxylic acids is 1. The van der Waals surface area contributed by atoms with Crippen LogP contribution in [-0.2, 0) is 20.0 Å². The Kier molecular flexibility index (Phi) is 4.08. The lowest BCUT2D eigenvalue weighted by molar-refractivity contribution is 0.0779. The average Bonchev–Trinajstić information content (AvgIpc) is 3.23. The van der Waals surface area contributed by atoms with Gasteiger partial charge in [-0.2, -0.15) is 0 Å². The highest BCUT2D eigenvalue weighted by atomic mass is 16.2. The van der Waals surface area contributed by atoms with Gasteiger partial charge in [0.1, 0.15) is 12.2 Å². The van der Waals surface area contributed by atoms with E-state index in [1.807, 2.05) is 18.0 Å². The number of rotatable bonds is 4. The standard InChI is InChI=1S/C22H20N6O/c1-14-3-4-19-17(9-14)26-20(27(19)2)6-8-28-12-18-21(22(28)29)16(5-7-25-18)15-10-23-13-24-11-15/h3-5,7,9-11,13H,6,8,12H2,1-2H3. The molecule has 29 heavy (non-hydrogen) atoms. The molecule has 1 amide bonds. The number of carbonyl (C=O) groups is 1. The van der Waals surface area contributed by atoms with Crippen LogP contribution in [0.5, 0.6) is 0 Å². The van der Waals surface area contributed by atoms with E-state index in [-0.39, 0.29) is 5.91 Å². The van der Waals surface area contributed by atoms with Gasteiger partial charge < -0.3 is 9.47 Å². The van der Waals surface area contributed by atoms with E-state index < -0.39 is 0 Å². The molecule has 1 aliphatic heterocycles. The van der Waals surface area contributed by atoms with E-state index in [1.165, 1.54) is 11.9 Å². The summed E-state index contributed by atoms with van der Waals surface area (Å²) in [5, 5.41) is 0. The normalized spacial score (nSPS) is 13.3. The minimum Gasteiger partial charge on any atom is -0.332 e. The van der Waals surface area contributed by atoms with Crippen LogP contribution in [0.3, 0.4) is 0 Å². The van der Waals surface area contributed by atoms with Gasteiger partial charge in [0.25, 0.3) is 5.91 Å². The number of nitrogens with zero attached hydrogens (tertiary/aromatic N) is 6. The zero-order chi connectivity index (χ0) is 20.0. The molecular weight excluding hydrogens is 364 g/mol. The van der Waals surface area contributed by atoms with Gasteiger partial charge in [0.15, 0.2) is 0 Å². The predicted molar refractivity (Wildman–Crippen MR) is 109 cm³/mol. The number of fused-ring (bicyclic) bond motifs is 2. The van der Waals surface area contributed by atoms with E-state index >= 15 is 0 Å². The van der Waals surface area contributed by atoms with Crippen molar-refractivity contribution in [2.24, 2.45) is 7.05 Å². The monoisotopic (exact) mass is 384 g/mol. The second kappa shape index (κ2) is 6.77. The number of hydrogen-bond donors (Lipinski definition) is 0. The molecule has 1 aliphatic rings. The van der Waals surface area contributed by atoms with Gasteiger partial charge in [0.05, 0.1) is 28.8 Å². The minimum absolute atomic E-state index is 0.00145. The molecule has 1 aromatic carbocycles. The van der Waals surface area contributed by atoms with Gasteiger partial charge in [-0.3, -0.25) is 9.78 Å². The summed E-state index contributed by atoms with van der Waals surface area (Å²) in [4.78, 5) is 32.3. The molecule has 144 valence electrons. The maximum Gasteiger partial charge on any atom is 0.256 e. The smallest absolute Gasteiger partial charge is 0.256 e. The topological polar surface area (TPSA) is 76.8 Å². The van der Waals surface area contributed by atoms with Gasteiger partial charge in [0.2, 0.25) is 0 Å². The molecule has 0 atom stereocenters. The van der Waals surface area contributed by atoms with Crippen LogP contribution in [0.4, 0.5) is 0 Å². The third-order valence-electron chi connectivity index (χ3n) is 5.48. The van der Waals surface area contributed by atoms with Crippen LogP contribution >= 0.6 is 0 Å². The number of pyridine rings is 1. The molecule has 0 fully saturated rings. The van der Waals surface area contributed by atoms with E-state index in [0.717, 1.165) is 33.7 Å². The van der Waals surface area contributed by atoms with Crippen molar-refractivity contribution in [2.45, 2.75) is 19.9 Å². The largest absolute Gasteiger partial charge is 0.332 e.